The van der Waals surface area contributed by atoms with Crippen LogP contribution in [0, 0.1) is 0 Å². The summed E-state index contributed by atoms with van der Waals surface area (Å²) in [4.78, 5) is 3.64. The Morgan fingerprint density at radius 3 is 1.34 bits per heavy atom. The van der Waals surface area contributed by atoms with Crippen LogP contribution < -0.4 is 4.57 Å². The number of aromatic nitrogens is 2. The third-order valence-electron chi connectivity index (χ3n) is 8.45. The lowest BCUT2D eigenvalue weighted by molar-refractivity contribution is -0.604. The van der Waals surface area contributed by atoms with Crippen LogP contribution in [0.25, 0.3) is 5.69 Å². The molecule has 0 amide bonds. The van der Waals surface area contributed by atoms with Gasteiger partial charge in [0, 0.05) is 0 Å². The lowest BCUT2D eigenvalue weighted by Gasteiger charge is -2.14. The molecule has 1 aromatic carbocycles. The highest BCUT2D eigenvalue weighted by Crippen LogP contribution is 2.27. The fourth-order valence-corrected chi connectivity index (χ4v) is 6.00. The molecule has 216 valence electrons. The van der Waals surface area contributed by atoms with Crippen molar-refractivity contribution in [1.82, 2.24) is 4.98 Å². The third kappa shape index (κ3) is 15.1. The van der Waals surface area contributed by atoms with Crippen molar-refractivity contribution >= 4 is 0 Å². The predicted octanol–water partition coefficient (Wildman–Crippen LogP) is 11.8. The first-order valence-electron chi connectivity index (χ1n) is 17.0. The molecule has 2 nitrogen and oxygen atoms in total. The maximum absolute atomic E-state index is 3.64. The average Bonchev–Trinajstić information content (AvgIpc) is 3.44. The SMILES string of the molecule is CCCCCCCCCCCCCCCCC[C@H](CCCCCCCCC)c1[nH]cc[n+]1-c1ccccc1. The zero-order valence-corrected chi connectivity index (χ0v) is 25.5. The van der Waals surface area contributed by atoms with E-state index in [0.717, 1.165) is 0 Å². The number of H-pyrrole nitrogens is 1. The summed E-state index contributed by atoms with van der Waals surface area (Å²) in [6, 6.07) is 10.9. The number of nitrogens with zero attached hydrogens (tertiary/aromatic N) is 1. The Morgan fingerprint density at radius 1 is 0.526 bits per heavy atom. The summed E-state index contributed by atoms with van der Waals surface area (Å²) in [6.45, 7) is 4.61. The maximum Gasteiger partial charge on any atom is 0.262 e. The van der Waals surface area contributed by atoms with Gasteiger partial charge in [-0.3, -0.25) is 0 Å². The normalized spacial score (nSPS) is 12.3. The highest BCUT2D eigenvalue weighted by atomic mass is 15.1. The zero-order chi connectivity index (χ0) is 26.9. The maximum atomic E-state index is 3.64. The van der Waals surface area contributed by atoms with E-state index in [-0.39, 0.29) is 0 Å². The molecule has 0 spiro atoms. The van der Waals surface area contributed by atoms with E-state index in [1.54, 1.807) is 0 Å². The predicted molar refractivity (Wildman–Crippen MR) is 167 cm³/mol. The highest BCUT2D eigenvalue weighted by Gasteiger charge is 2.23. The standard InChI is InChI=1S/C36H62N2/c1-3-5-7-9-11-12-13-14-15-16-17-18-20-22-25-29-34(28-24-21-19-10-8-6-4-2)36-37-32-33-38(36)35-30-26-23-27-31-35/h23,26-27,30-34H,3-22,24-25,28-29H2,1-2H3/p+1/t34-/m0/s1. The zero-order valence-electron chi connectivity index (χ0n) is 25.5. The quantitative estimate of drug-likeness (QED) is 0.0934. The van der Waals surface area contributed by atoms with Crippen molar-refractivity contribution in [3.63, 3.8) is 0 Å². The Morgan fingerprint density at radius 2 is 0.921 bits per heavy atom. The summed E-state index contributed by atoms with van der Waals surface area (Å²) in [7, 11) is 0. The highest BCUT2D eigenvalue weighted by molar-refractivity contribution is 5.22. The molecular formula is C36H63N2+. The molecular weight excluding hydrogens is 460 g/mol. The summed E-state index contributed by atoms with van der Waals surface area (Å²) >= 11 is 0. The Balaban J connectivity index is 1.63. The third-order valence-corrected chi connectivity index (χ3v) is 8.45. The number of nitrogens with one attached hydrogen (secondary N) is 1. The van der Waals surface area contributed by atoms with Crippen molar-refractivity contribution < 1.29 is 4.57 Å². The van der Waals surface area contributed by atoms with Crippen LogP contribution in [-0.2, 0) is 0 Å². The summed E-state index contributed by atoms with van der Waals surface area (Å²) in [5.41, 5.74) is 1.28. The second-order valence-electron chi connectivity index (χ2n) is 11.9. The number of unbranched alkanes of at least 4 members (excludes halogenated alkanes) is 20. The van der Waals surface area contributed by atoms with Crippen LogP contribution in [0.3, 0.4) is 0 Å². The minimum absolute atomic E-state index is 0.642. The van der Waals surface area contributed by atoms with Gasteiger partial charge in [-0.05, 0) is 25.0 Å². The fraction of sp³-hybridized carbons (Fsp3) is 0.750. The number of imidazole rings is 1. The average molecular weight is 524 g/mol. The van der Waals surface area contributed by atoms with Crippen LogP contribution >= 0.6 is 0 Å². The van der Waals surface area contributed by atoms with Crippen LogP contribution in [0.2, 0.25) is 0 Å². The molecule has 1 heterocycles. The van der Waals surface area contributed by atoms with E-state index in [4.69, 9.17) is 0 Å². The van der Waals surface area contributed by atoms with E-state index < -0.39 is 0 Å². The fourth-order valence-electron chi connectivity index (χ4n) is 6.00. The molecule has 0 saturated heterocycles. The van der Waals surface area contributed by atoms with Crippen molar-refractivity contribution in [2.75, 3.05) is 0 Å². The van der Waals surface area contributed by atoms with Gasteiger partial charge in [0.1, 0.15) is 18.1 Å². The molecule has 38 heavy (non-hydrogen) atoms. The number of benzene rings is 1. The summed E-state index contributed by atoms with van der Waals surface area (Å²) in [5.74, 6) is 2.05. The number of rotatable bonds is 26. The number of para-hydroxylation sites is 1. The first kappa shape index (κ1) is 32.6. The van der Waals surface area contributed by atoms with Crippen molar-refractivity contribution in [2.24, 2.45) is 0 Å². The summed E-state index contributed by atoms with van der Waals surface area (Å²) in [6.07, 6.45) is 38.3. The van der Waals surface area contributed by atoms with E-state index in [1.807, 2.05) is 0 Å². The second-order valence-corrected chi connectivity index (χ2v) is 11.9. The van der Waals surface area contributed by atoms with Gasteiger partial charge in [0.15, 0.2) is 0 Å². The van der Waals surface area contributed by atoms with Crippen LogP contribution in [0.5, 0.6) is 0 Å². The van der Waals surface area contributed by atoms with E-state index in [2.05, 4.69) is 66.1 Å². The second kappa shape index (κ2) is 23.3. The molecule has 0 saturated carbocycles. The van der Waals surface area contributed by atoms with E-state index in [9.17, 15) is 0 Å². The van der Waals surface area contributed by atoms with Crippen molar-refractivity contribution in [2.45, 2.75) is 174 Å². The molecule has 1 N–H and O–H groups in total. The molecule has 0 aliphatic heterocycles. The molecule has 0 unspecified atom stereocenters. The summed E-state index contributed by atoms with van der Waals surface area (Å²) < 4.78 is 2.40. The van der Waals surface area contributed by atoms with Gasteiger partial charge in [-0.2, -0.15) is 4.57 Å². The van der Waals surface area contributed by atoms with Crippen LogP contribution in [0.15, 0.2) is 42.7 Å². The van der Waals surface area contributed by atoms with E-state index in [0.29, 0.717) is 5.92 Å². The first-order valence-corrected chi connectivity index (χ1v) is 17.0. The van der Waals surface area contributed by atoms with Gasteiger partial charge < -0.3 is 0 Å². The molecule has 0 aliphatic carbocycles. The van der Waals surface area contributed by atoms with Crippen molar-refractivity contribution in [1.29, 1.82) is 0 Å². The molecule has 1 atom stereocenters. The lowest BCUT2D eigenvalue weighted by atomic mass is 9.93. The Hall–Kier alpha value is -1.57. The molecule has 0 aliphatic rings. The molecule has 2 aromatic rings. The van der Waals surface area contributed by atoms with Gasteiger partial charge in [0.25, 0.3) is 5.82 Å². The van der Waals surface area contributed by atoms with Gasteiger partial charge in [-0.25, -0.2) is 4.98 Å². The number of hydrogen-bond donors (Lipinski definition) is 1. The minimum Gasteiger partial charge on any atom is -0.247 e. The largest absolute Gasteiger partial charge is 0.262 e. The van der Waals surface area contributed by atoms with Gasteiger partial charge in [-0.15, -0.1) is 0 Å². The molecule has 0 fully saturated rings. The Labute approximate surface area is 237 Å². The van der Waals surface area contributed by atoms with Gasteiger partial charge in [0.05, 0.1) is 5.92 Å². The minimum atomic E-state index is 0.642. The van der Waals surface area contributed by atoms with Gasteiger partial charge in [0.2, 0.25) is 0 Å². The van der Waals surface area contributed by atoms with E-state index in [1.165, 1.54) is 166 Å². The molecule has 2 heteroatoms. The van der Waals surface area contributed by atoms with Crippen LogP contribution in [-0.4, -0.2) is 4.98 Å². The van der Waals surface area contributed by atoms with Crippen LogP contribution in [0.4, 0.5) is 0 Å². The Kier molecular flexibility index (Phi) is 20.0. The molecule has 2 rings (SSSR count). The van der Waals surface area contributed by atoms with Gasteiger partial charge >= 0.3 is 0 Å². The van der Waals surface area contributed by atoms with Gasteiger partial charge in [-0.1, -0.05) is 173 Å². The monoisotopic (exact) mass is 523 g/mol. The number of aromatic amines is 1. The van der Waals surface area contributed by atoms with E-state index >= 15 is 0 Å². The lowest BCUT2D eigenvalue weighted by Crippen LogP contribution is -2.34. The molecule has 1 aromatic heterocycles. The molecule has 0 bridgehead atoms. The van der Waals surface area contributed by atoms with Crippen molar-refractivity contribution in [3.05, 3.63) is 48.5 Å². The molecule has 0 radical (unpaired) electrons. The topological polar surface area (TPSA) is 19.7 Å². The number of hydrogen-bond acceptors (Lipinski definition) is 0. The Bertz CT molecular complexity index is 750. The smallest absolute Gasteiger partial charge is 0.247 e. The summed E-state index contributed by atoms with van der Waals surface area (Å²) in [5, 5.41) is 0. The van der Waals surface area contributed by atoms with Crippen LogP contribution in [0.1, 0.15) is 180 Å². The first-order chi connectivity index (χ1) is 18.9. The van der Waals surface area contributed by atoms with Crippen molar-refractivity contribution in [3.8, 4) is 5.69 Å².